The molecule has 1 fully saturated rings. The molecule has 1 heterocycles. The second kappa shape index (κ2) is 6.95. The van der Waals surface area contributed by atoms with Crippen LogP contribution in [0.4, 0.5) is 5.69 Å². The van der Waals surface area contributed by atoms with Crippen LogP contribution in [-0.4, -0.2) is 43.6 Å². The molecule has 0 aliphatic carbocycles. The third-order valence-corrected chi connectivity index (χ3v) is 4.56. The number of carbonyl (C=O) groups is 1. The summed E-state index contributed by atoms with van der Waals surface area (Å²) in [7, 11) is 1.62. The highest BCUT2D eigenvalue weighted by atomic mass is 16.5. The molecule has 1 atom stereocenters. The fraction of sp³-hybridized carbons (Fsp3) is 0.350. The summed E-state index contributed by atoms with van der Waals surface area (Å²) in [5, 5.41) is 0. The Labute approximate surface area is 143 Å². The topological polar surface area (TPSA) is 32.8 Å². The van der Waals surface area contributed by atoms with Crippen LogP contribution >= 0.6 is 0 Å². The van der Waals surface area contributed by atoms with Gasteiger partial charge in [0.2, 0.25) is 0 Å². The van der Waals surface area contributed by atoms with Crippen molar-refractivity contribution in [2.45, 2.75) is 19.9 Å². The average molecular weight is 324 g/mol. The van der Waals surface area contributed by atoms with Crippen molar-refractivity contribution in [3.63, 3.8) is 0 Å². The molecule has 1 amide bonds. The van der Waals surface area contributed by atoms with Gasteiger partial charge in [0, 0.05) is 36.9 Å². The average Bonchev–Trinajstić information content (AvgIpc) is 2.61. The Balaban J connectivity index is 1.71. The Morgan fingerprint density at radius 1 is 1.12 bits per heavy atom. The third kappa shape index (κ3) is 3.37. The minimum Gasteiger partial charge on any atom is -0.497 e. The van der Waals surface area contributed by atoms with Crippen molar-refractivity contribution in [1.82, 2.24) is 4.90 Å². The van der Waals surface area contributed by atoms with Crippen LogP contribution in [0.3, 0.4) is 0 Å². The molecule has 3 rings (SSSR count). The number of aryl methyl sites for hydroxylation is 1. The van der Waals surface area contributed by atoms with Crippen molar-refractivity contribution in [1.29, 1.82) is 0 Å². The summed E-state index contributed by atoms with van der Waals surface area (Å²) in [5.41, 5.74) is 3.18. The Morgan fingerprint density at radius 3 is 2.62 bits per heavy atom. The van der Waals surface area contributed by atoms with E-state index < -0.39 is 0 Å². The number of hydrogen-bond donors (Lipinski definition) is 0. The Hall–Kier alpha value is -2.49. The predicted octanol–water partition coefficient (Wildman–Crippen LogP) is 3.35. The van der Waals surface area contributed by atoms with Crippen LogP contribution in [0.2, 0.25) is 0 Å². The van der Waals surface area contributed by atoms with E-state index in [1.807, 2.05) is 23.1 Å². The number of anilines is 1. The van der Waals surface area contributed by atoms with Gasteiger partial charge in [0.05, 0.1) is 7.11 Å². The molecular weight excluding hydrogens is 300 g/mol. The third-order valence-electron chi connectivity index (χ3n) is 4.56. The summed E-state index contributed by atoms with van der Waals surface area (Å²) in [6.45, 7) is 6.59. The van der Waals surface area contributed by atoms with Gasteiger partial charge in [-0.25, -0.2) is 0 Å². The molecule has 0 unspecified atom stereocenters. The van der Waals surface area contributed by atoms with Crippen molar-refractivity contribution >= 4 is 11.6 Å². The number of carbonyl (C=O) groups excluding carboxylic acids is 1. The van der Waals surface area contributed by atoms with Gasteiger partial charge in [-0.15, -0.1) is 0 Å². The van der Waals surface area contributed by atoms with Crippen LogP contribution < -0.4 is 9.64 Å². The molecule has 4 nitrogen and oxygen atoms in total. The summed E-state index contributed by atoms with van der Waals surface area (Å²) in [6, 6.07) is 16.2. The second-order valence-electron chi connectivity index (χ2n) is 6.36. The highest BCUT2D eigenvalue weighted by Crippen LogP contribution is 2.23. The Kier molecular flexibility index (Phi) is 4.74. The number of hydrogen-bond acceptors (Lipinski definition) is 3. The van der Waals surface area contributed by atoms with E-state index in [4.69, 9.17) is 4.74 Å². The van der Waals surface area contributed by atoms with Gasteiger partial charge in [0.1, 0.15) is 5.75 Å². The van der Waals surface area contributed by atoms with Crippen molar-refractivity contribution in [3.05, 3.63) is 59.7 Å². The minimum absolute atomic E-state index is 0.0737. The Bertz CT molecular complexity index is 729. The standard InChI is InChI=1S/C20H24N2O2/c1-15-6-4-8-18(12-15)22-11-10-21(14-16(22)2)20(23)17-7-5-9-19(13-17)24-3/h4-9,12-13,16H,10-11,14H2,1-3H3/t16-/m1/s1. The lowest BCUT2D eigenvalue weighted by molar-refractivity contribution is 0.0726. The fourth-order valence-electron chi connectivity index (χ4n) is 3.27. The van der Waals surface area contributed by atoms with E-state index in [9.17, 15) is 4.79 Å². The quantitative estimate of drug-likeness (QED) is 0.868. The van der Waals surface area contributed by atoms with E-state index in [2.05, 4.69) is 43.0 Å². The predicted molar refractivity (Wildman–Crippen MR) is 96.9 cm³/mol. The summed E-state index contributed by atoms with van der Waals surface area (Å²) in [4.78, 5) is 17.1. The zero-order valence-corrected chi connectivity index (χ0v) is 14.5. The summed E-state index contributed by atoms with van der Waals surface area (Å²) in [5.74, 6) is 0.789. The number of nitrogens with zero attached hydrogens (tertiary/aromatic N) is 2. The van der Waals surface area contributed by atoms with E-state index >= 15 is 0 Å². The lowest BCUT2D eigenvalue weighted by atomic mass is 10.1. The molecule has 1 aliphatic heterocycles. The zero-order valence-electron chi connectivity index (χ0n) is 14.5. The van der Waals surface area contributed by atoms with E-state index in [0.29, 0.717) is 11.3 Å². The number of benzene rings is 2. The maximum Gasteiger partial charge on any atom is 0.254 e. The van der Waals surface area contributed by atoms with Gasteiger partial charge >= 0.3 is 0 Å². The molecule has 1 saturated heterocycles. The monoisotopic (exact) mass is 324 g/mol. The van der Waals surface area contributed by atoms with E-state index in [0.717, 1.165) is 19.6 Å². The summed E-state index contributed by atoms with van der Waals surface area (Å²) in [6.07, 6.45) is 0. The van der Waals surface area contributed by atoms with Crippen LogP contribution in [0.25, 0.3) is 0 Å². The van der Waals surface area contributed by atoms with Crippen molar-refractivity contribution in [2.24, 2.45) is 0 Å². The van der Waals surface area contributed by atoms with Gasteiger partial charge in [-0.2, -0.15) is 0 Å². The van der Waals surface area contributed by atoms with Gasteiger partial charge in [-0.05, 0) is 49.7 Å². The first-order valence-electron chi connectivity index (χ1n) is 8.35. The van der Waals surface area contributed by atoms with Crippen LogP contribution in [-0.2, 0) is 0 Å². The summed E-state index contributed by atoms with van der Waals surface area (Å²) >= 11 is 0. The lowest BCUT2D eigenvalue weighted by Crippen LogP contribution is -2.53. The van der Waals surface area contributed by atoms with Gasteiger partial charge in [0.15, 0.2) is 0 Å². The molecular formula is C20H24N2O2. The first-order valence-corrected chi connectivity index (χ1v) is 8.35. The molecule has 0 N–H and O–H groups in total. The second-order valence-corrected chi connectivity index (χ2v) is 6.36. The van der Waals surface area contributed by atoms with E-state index in [-0.39, 0.29) is 11.9 Å². The SMILES string of the molecule is COc1cccc(C(=O)N2CCN(c3cccc(C)c3)[C@H](C)C2)c1. The van der Waals surface area contributed by atoms with Crippen molar-refractivity contribution in [3.8, 4) is 5.75 Å². The maximum absolute atomic E-state index is 12.8. The number of ether oxygens (including phenoxy) is 1. The van der Waals surface area contributed by atoms with E-state index in [1.54, 1.807) is 13.2 Å². The normalized spacial score (nSPS) is 17.7. The molecule has 0 bridgehead atoms. The van der Waals surface area contributed by atoms with Gasteiger partial charge in [-0.3, -0.25) is 4.79 Å². The highest BCUT2D eigenvalue weighted by molar-refractivity contribution is 5.94. The summed E-state index contributed by atoms with van der Waals surface area (Å²) < 4.78 is 5.22. The molecule has 2 aromatic rings. The van der Waals surface area contributed by atoms with Crippen LogP contribution in [0.5, 0.6) is 5.75 Å². The smallest absolute Gasteiger partial charge is 0.254 e. The molecule has 0 saturated carbocycles. The van der Waals surface area contributed by atoms with Crippen LogP contribution in [0, 0.1) is 6.92 Å². The molecule has 2 aromatic carbocycles. The minimum atomic E-state index is 0.0737. The van der Waals surface area contributed by atoms with Crippen LogP contribution in [0.15, 0.2) is 48.5 Å². The molecule has 4 heteroatoms. The molecule has 0 spiro atoms. The first-order chi connectivity index (χ1) is 11.6. The van der Waals surface area contributed by atoms with Gasteiger partial charge < -0.3 is 14.5 Å². The fourth-order valence-corrected chi connectivity index (χ4v) is 3.27. The number of methoxy groups -OCH3 is 1. The molecule has 1 aliphatic rings. The highest BCUT2D eigenvalue weighted by Gasteiger charge is 2.27. The molecule has 0 aromatic heterocycles. The zero-order chi connectivity index (χ0) is 17.1. The first kappa shape index (κ1) is 16.4. The van der Waals surface area contributed by atoms with E-state index in [1.165, 1.54) is 11.3 Å². The van der Waals surface area contributed by atoms with Crippen molar-refractivity contribution in [2.75, 3.05) is 31.6 Å². The number of amides is 1. The van der Waals surface area contributed by atoms with Gasteiger partial charge in [0.25, 0.3) is 5.91 Å². The molecule has 24 heavy (non-hydrogen) atoms. The number of rotatable bonds is 3. The van der Waals surface area contributed by atoms with Gasteiger partial charge in [-0.1, -0.05) is 18.2 Å². The Morgan fingerprint density at radius 2 is 1.92 bits per heavy atom. The van der Waals surface area contributed by atoms with Crippen molar-refractivity contribution < 1.29 is 9.53 Å². The molecule has 126 valence electrons. The van der Waals surface area contributed by atoms with Crippen LogP contribution in [0.1, 0.15) is 22.8 Å². The maximum atomic E-state index is 12.8. The molecule has 0 radical (unpaired) electrons. The number of piperazine rings is 1. The largest absolute Gasteiger partial charge is 0.497 e. The lowest BCUT2D eigenvalue weighted by Gasteiger charge is -2.41.